The maximum Gasteiger partial charge on any atom is 0.405 e. The highest BCUT2D eigenvalue weighted by atomic mass is 32.2. The van der Waals surface area contributed by atoms with E-state index in [0.29, 0.717) is 10.1 Å². The normalized spacial score (nSPS) is 11.8. The van der Waals surface area contributed by atoms with E-state index in [4.69, 9.17) is 0 Å². The molecule has 0 fully saturated rings. The number of alkyl halides is 3. The SMILES string of the molecule is FC(F)(F)CNc1nnc(SCc2cccc3cccnc23)s1. The molecule has 0 aliphatic carbocycles. The fourth-order valence-electron chi connectivity index (χ4n) is 1.94. The zero-order valence-electron chi connectivity index (χ0n) is 11.7. The van der Waals surface area contributed by atoms with E-state index < -0.39 is 12.7 Å². The molecule has 23 heavy (non-hydrogen) atoms. The van der Waals surface area contributed by atoms with E-state index in [1.165, 1.54) is 11.8 Å². The maximum absolute atomic E-state index is 12.1. The second kappa shape index (κ2) is 6.71. The Kier molecular flexibility index (Phi) is 4.67. The van der Waals surface area contributed by atoms with E-state index in [0.717, 1.165) is 27.8 Å². The first-order valence-electron chi connectivity index (χ1n) is 6.61. The van der Waals surface area contributed by atoms with Crippen molar-refractivity contribution in [1.29, 1.82) is 0 Å². The molecule has 3 aromatic rings. The number of benzene rings is 1. The number of para-hydroxylation sites is 1. The molecule has 2 aromatic heterocycles. The Hall–Kier alpha value is -1.87. The molecule has 2 heterocycles. The van der Waals surface area contributed by atoms with Crippen LogP contribution in [-0.2, 0) is 5.75 Å². The van der Waals surface area contributed by atoms with Crippen molar-refractivity contribution in [3.05, 3.63) is 42.1 Å². The Bertz CT molecular complexity index is 799. The average Bonchev–Trinajstić information content (AvgIpc) is 2.98. The van der Waals surface area contributed by atoms with Crippen molar-refractivity contribution in [3.63, 3.8) is 0 Å². The third-order valence-electron chi connectivity index (χ3n) is 2.91. The first-order valence-corrected chi connectivity index (χ1v) is 8.41. The highest BCUT2D eigenvalue weighted by Gasteiger charge is 2.27. The Balaban J connectivity index is 1.65. The number of aromatic nitrogens is 3. The lowest BCUT2D eigenvalue weighted by Gasteiger charge is -2.05. The largest absolute Gasteiger partial charge is 0.405 e. The molecule has 120 valence electrons. The molecule has 0 saturated carbocycles. The number of rotatable bonds is 5. The van der Waals surface area contributed by atoms with E-state index in [-0.39, 0.29) is 5.13 Å². The smallest absolute Gasteiger partial charge is 0.351 e. The van der Waals surface area contributed by atoms with Crippen LogP contribution >= 0.6 is 23.1 Å². The molecule has 0 radical (unpaired) electrons. The fraction of sp³-hybridized carbons (Fsp3) is 0.214. The number of fused-ring (bicyclic) bond motifs is 1. The molecule has 4 nitrogen and oxygen atoms in total. The topological polar surface area (TPSA) is 50.7 Å². The second-order valence-corrected chi connectivity index (χ2v) is 6.82. The average molecular weight is 356 g/mol. The van der Waals surface area contributed by atoms with Crippen molar-refractivity contribution in [2.24, 2.45) is 0 Å². The van der Waals surface area contributed by atoms with Gasteiger partial charge in [-0.25, -0.2) is 0 Å². The van der Waals surface area contributed by atoms with Gasteiger partial charge in [-0.2, -0.15) is 13.2 Å². The van der Waals surface area contributed by atoms with Crippen LogP contribution in [0, 0.1) is 0 Å². The zero-order valence-corrected chi connectivity index (χ0v) is 13.3. The van der Waals surface area contributed by atoms with Crippen LogP contribution in [0.25, 0.3) is 10.9 Å². The van der Waals surface area contributed by atoms with Crippen molar-refractivity contribution in [2.45, 2.75) is 16.3 Å². The Morgan fingerprint density at radius 1 is 1.13 bits per heavy atom. The number of halogens is 3. The Morgan fingerprint density at radius 3 is 2.78 bits per heavy atom. The molecule has 3 rings (SSSR count). The van der Waals surface area contributed by atoms with Crippen LogP contribution < -0.4 is 5.32 Å². The number of pyridine rings is 1. The van der Waals surface area contributed by atoms with Crippen LogP contribution in [-0.4, -0.2) is 27.9 Å². The minimum Gasteiger partial charge on any atom is -0.351 e. The number of hydrogen-bond acceptors (Lipinski definition) is 6. The highest BCUT2D eigenvalue weighted by molar-refractivity contribution is 8.00. The Morgan fingerprint density at radius 2 is 1.96 bits per heavy atom. The summed E-state index contributed by atoms with van der Waals surface area (Å²) in [4.78, 5) is 4.37. The molecular formula is C14H11F3N4S2. The summed E-state index contributed by atoms with van der Waals surface area (Å²) in [5.41, 5.74) is 1.97. The van der Waals surface area contributed by atoms with E-state index in [2.05, 4.69) is 20.5 Å². The summed E-state index contributed by atoms with van der Waals surface area (Å²) in [6, 6.07) is 9.78. The summed E-state index contributed by atoms with van der Waals surface area (Å²) in [6.45, 7) is -1.11. The minimum absolute atomic E-state index is 0.167. The van der Waals surface area contributed by atoms with Gasteiger partial charge in [-0.1, -0.05) is 47.4 Å². The van der Waals surface area contributed by atoms with Crippen molar-refractivity contribution in [2.75, 3.05) is 11.9 Å². The van der Waals surface area contributed by atoms with Crippen LogP contribution in [0.4, 0.5) is 18.3 Å². The zero-order chi connectivity index (χ0) is 16.3. The number of anilines is 1. The molecule has 9 heteroatoms. The van der Waals surface area contributed by atoms with E-state index >= 15 is 0 Å². The van der Waals surface area contributed by atoms with Gasteiger partial charge < -0.3 is 5.32 Å². The molecule has 0 atom stereocenters. The summed E-state index contributed by atoms with van der Waals surface area (Å²) in [5, 5.41) is 11.1. The second-order valence-electron chi connectivity index (χ2n) is 4.62. The van der Waals surface area contributed by atoms with Crippen molar-refractivity contribution in [1.82, 2.24) is 15.2 Å². The summed E-state index contributed by atoms with van der Waals surface area (Å²) in [7, 11) is 0. The van der Waals surface area contributed by atoms with Crippen LogP contribution in [0.3, 0.4) is 0 Å². The highest BCUT2D eigenvalue weighted by Crippen LogP contribution is 2.30. The van der Waals surface area contributed by atoms with Gasteiger partial charge in [-0.3, -0.25) is 4.98 Å². The number of hydrogen-bond donors (Lipinski definition) is 1. The van der Waals surface area contributed by atoms with Gasteiger partial charge in [0.2, 0.25) is 5.13 Å². The minimum atomic E-state index is -4.27. The fourth-order valence-corrected chi connectivity index (χ4v) is 3.67. The molecule has 1 aromatic carbocycles. The third-order valence-corrected chi connectivity index (χ3v) is 4.98. The van der Waals surface area contributed by atoms with Crippen LogP contribution in [0.5, 0.6) is 0 Å². The van der Waals surface area contributed by atoms with Gasteiger partial charge in [0.15, 0.2) is 4.34 Å². The molecule has 0 unspecified atom stereocenters. The van der Waals surface area contributed by atoms with Crippen LogP contribution in [0.1, 0.15) is 5.56 Å². The number of nitrogens with zero attached hydrogens (tertiary/aromatic N) is 3. The van der Waals surface area contributed by atoms with E-state index in [1.54, 1.807) is 6.20 Å². The summed E-state index contributed by atoms with van der Waals surface area (Å²) < 4.78 is 37.1. The first-order chi connectivity index (χ1) is 11.0. The van der Waals surface area contributed by atoms with Gasteiger partial charge in [0.25, 0.3) is 0 Å². The van der Waals surface area contributed by atoms with Crippen molar-refractivity contribution < 1.29 is 13.2 Å². The number of thioether (sulfide) groups is 1. The number of nitrogens with one attached hydrogen (secondary N) is 1. The first kappa shape index (κ1) is 16.0. The van der Waals surface area contributed by atoms with Crippen molar-refractivity contribution in [3.8, 4) is 0 Å². The van der Waals surface area contributed by atoms with Crippen LogP contribution in [0.2, 0.25) is 0 Å². The summed E-state index contributed by atoms with van der Waals surface area (Å²) in [6.07, 6.45) is -2.53. The molecule has 0 spiro atoms. The van der Waals surface area contributed by atoms with Gasteiger partial charge in [0, 0.05) is 17.3 Å². The van der Waals surface area contributed by atoms with Gasteiger partial charge >= 0.3 is 6.18 Å². The monoisotopic (exact) mass is 356 g/mol. The van der Waals surface area contributed by atoms with E-state index in [1.807, 2.05) is 30.3 Å². The maximum atomic E-state index is 12.1. The quantitative estimate of drug-likeness (QED) is 0.689. The summed E-state index contributed by atoms with van der Waals surface area (Å²) >= 11 is 2.53. The predicted molar refractivity (Wildman–Crippen MR) is 85.8 cm³/mol. The van der Waals surface area contributed by atoms with Gasteiger partial charge in [0.1, 0.15) is 6.54 Å². The van der Waals surface area contributed by atoms with Gasteiger partial charge in [-0.05, 0) is 11.6 Å². The predicted octanol–water partition coefficient (Wildman–Crippen LogP) is 4.35. The molecule has 0 aliphatic heterocycles. The lowest BCUT2D eigenvalue weighted by molar-refractivity contribution is -0.115. The molecule has 0 amide bonds. The Labute approximate surface area is 138 Å². The lowest BCUT2D eigenvalue weighted by atomic mass is 10.1. The lowest BCUT2D eigenvalue weighted by Crippen LogP contribution is -2.21. The van der Waals surface area contributed by atoms with Crippen molar-refractivity contribution >= 4 is 39.1 Å². The van der Waals surface area contributed by atoms with Crippen LogP contribution in [0.15, 0.2) is 40.9 Å². The molecule has 0 bridgehead atoms. The summed E-state index contributed by atoms with van der Waals surface area (Å²) in [5.74, 6) is 0.627. The molecule has 0 aliphatic rings. The van der Waals surface area contributed by atoms with Gasteiger partial charge in [0.05, 0.1) is 5.52 Å². The third kappa shape index (κ3) is 4.32. The molecular weight excluding hydrogens is 345 g/mol. The van der Waals surface area contributed by atoms with E-state index in [9.17, 15) is 13.2 Å². The van der Waals surface area contributed by atoms with Gasteiger partial charge in [-0.15, -0.1) is 10.2 Å². The standard InChI is InChI=1S/C14H11F3N4S2/c15-14(16,17)8-19-12-20-21-13(23-12)22-7-10-4-1-3-9-5-2-6-18-11(9)10/h1-6H,7-8H2,(H,19,20). The molecule has 0 saturated heterocycles. The molecule has 1 N–H and O–H groups in total.